The van der Waals surface area contributed by atoms with Gasteiger partial charge in [0.15, 0.2) is 6.10 Å². The Labute approximate surface area is 379 Å². The molecule has 0 aromatic rings. The molecular formula is C55H102O6. The number of ether oxygens (including phenoxy) is 3. The zero-order valence-corrected chi connectivity index (χ0v) is 40.9. The van der Waals surface area contributed by atoms with Crippen LogP contribution in [0.15, 0.2) is 24.3 Å². The molecule has 0 fully saturated rings. The maximum atomic E-state index is 12.7. The van der Waals surface area contributed by atoms with Crippen molar-refractivity contribution >= 4 is 17.9 Å². The van der Waals surface area contributed by atoms with Crippen LogP contribution in [0.1, 0.15) is 290 Å². The highest BCUT2D eigenvalue weighted by Gasteiger charge is 2.19. The molecule has 0 aliphatic carbocycles. The van der Waals surface area contributed by atoms with Crippen molar-refractivity contribution in [1.29, 1.82) is 0 Å². The van der Waals surface area contributed by atoms with Crippen molar-refractivity contribution in [3.63, 3.8) is 0 Å². The minimum absolute atomic E-state index is 0.0709. The summed E-state index contributed by atoms with van der Waals surface area (Å²) in [5.41, 5.74) is 0. The summed E-state index contributed by atoms with van der Waals surface area (Å²) in [5, 5.41) is 0. The predicted molar refractivity (Wildman–Crippen MR) is 261 cm³/mol. The van der Waals surface area contributed by atoms with E-state index in [1.54, 1.807) is 0 Å². The van der Waals surface area contributed by atoms with Crippen molar-refractivity contribution in [2.75, 3.05) is 13.2 Å². The molecule has 0 aromatic carbocycles. The molecule has 0 amide bonds. The largest absolute Gasteiger partial charge is 0.462 e. The van der Waals surface area contributed by atoms with Crippen molar-refractivity contribution in [1.82, 2.24) is 0 Å². The zero-order valence-electron chi connectivity index (χ0n) is 40.9. The molecule has 0 radical (unpaired) electrons. The second-order valence-electron chi connectivity index (χ2n) is 18.2. The summed E-state index contributed by atoms with van der Waals surface area (Å²) in [6.07, 6.45) is 57.8. The maximum Gasteiger partial charge on any atom is 0.306 e. The molecule has 0 bridgehead atoms. The van der Waals surface area contributed by atoms with Gasteiger partial charge >= 0.3 is 17.9 Å². The molecule has 0 aromatic heterocycles. The summed E-state index contributed by atoms with van der Waals surface area (Å²) in [6, 6.07) is 0. The van der Waals surface area contributed by atoms with Crippen molar-refractivity contribution in [2.45, 2.75) is 297 Å². The zero-order chi connectivity index (χ0) is 44.4. The minimum Gasteiger partial charge on any atom is -0.462 e. The van der Waals surface area contributed by atoms with E-state index in [0.717, 1.165) is 77.0 Å². The summed E-state index contributed by atoms with van der Waals surface area (Å²) in [7, 11) is 0. The first-order valence-corrected chi connectivity index (χ1v) is 26.8. The normalized spacial score (nSPS) is 12.1. The highest BCUT2D eigenvalue weighted by Crippen LogP contribution is 2.16. The van der Waals surface area contributed by atoms with Gasteiger partial charge in [0.2, 0.25) is 0 Å². The van der Waals surface area contributed by atoms with E-state index in [1.165, 1.54) is 173 Å². The number of rotatable bonds is 49. The highest BCUT2D eigenvalue weighted by atomic mass is 16.6. The predicted octanol–water partition coefficient (Wildman–Crippen LogP) is 17.5. The molecule has 0 aliphatic rings. The summed E-state index contributed by atoms with van der Waals surface area (Å²) >= 11 is 0. The van der Waals surface area contributed by atoms with Crippen LogP contribution in [-0.4, -0.2) is 37.2 Å². The number of esters is 3. The number of hydrogen-bond donors (Lipinski definition) is 0. The minimum atomic E-state index is -0.768. The lowest BCUT2D eigenvalue weighted by atomic mass is 10.0. The van der Waals surface area contributed by atoms with Crippen LogP contribution in [0.3, 0.4) is 0 Å². The fourth-order valence-electron chi connectivity index (χ4n) is 7.89. The van der Waals surface area contributed by atoms with Gasteiger partial charge in [-0.2, -0.15) is 0 Å². The van der Waals surface area contributed by atoms with Gasteiger partial charge in [-0.15, -0.1) is 0 Å². The number of unbranched alkanes of at least 4 members (excludes halogenated alkanes) is 34. The Morgan fingerprint density at radius 3 is 0.934 bits per heavy atom. The fourth-order valence-corrected chi connectivity index (χ4v) is 7.89. The molecular weight excluding hydrogens is 757 g/mol. The molecule has 61 heavy (non-hydrogen) atoms. The van der Waals surface area contributed by atoms with Crippen molar-refractivity contribution < 1.29 is 28.6 Å². The first-order valence-electron chi connectivity index (χ1n) is 26.8. The van der Waals surface area contributed by atoms with E-state index in [9.17, 15) is 14.4 Å². The van der Waals surface area contributed by atoms with Gasteiger partial charge in [-0.3, -0.25) is 14.4 Å². The Morgan fingerprint density at radius 1 is 0.328 bits per heavy atom. The molecule has 0 heterocycles. The van der Waals surface area contributed by atoms with E-state index in [1.807, 2.05) is 0 Å². The molecule has 358 valence electrons. The molecule has 6 heteroatoms. The van der Waals surface area contributed by atoms with E-state index < -0.39 is 6.10 Å². The molecule has 0 saturated heterocycles. The third-order valence-corrected chi connectivity index (χ3v) is 12.0. The van der Waals surface area contributed by atoms with Crippen LogP contribution in [0.5, 0.6) is 0 Å². The number of carbonyl (C=O) groups is 3. The second kappa shape index (κ2) is 50.5. The van der Waals surface area contributed by atoms with Gasteiger partial charge in [0, 0.05) is 19.3 Å². The van der Waals surface area contributed by atoms with Crippen molar-refractivity contribution in [2.24, 2.45) is 0 Å². The van der Waals surface area contributed by atoms with Gasteiger partial charge < -0.3 is 14.2 Å². The molecule has 1 unspecified atom stereocenters. The quantitative estimate of drug-likeness (QED) is 0.0262. The van der Waals surface area contributed by atoms with Crippen molar-refractivity contribution in [3.8, 4) is 0 Å². The maximum absolute atomic E-state index is 12.7. The summed E-state index contributed by atoms with van der Waals surface area (Å²) in [6.45, 7) is 6.56. The smallest absolute Gasteiger partial charge is 0.306 e. The summed E-state index contributed by atoms with van der Waals surface area (Å²) < 4.78 is 16.7. The average molecular weight is 859 g/mol. The Morgan fingerprint density at radius 2 is 0.590 bits per heavy atom. The Bertz CT molecular complexity index is 989. The lowest BCUT2D eigenvalue weighted by Crippen LogP contribution is -2.30. The van der Waals surface area contributed by atoms with Gasteiger partial charge in [-0.05, 0) is 51.4 Å². The van der Waals surface area contributed by atoms with E-state index in [-0.39, 0.29) is 31.1 Å². The summed E-state index contributed by atoms with van der Waals surface area (Å²) in [5.74, 6) is -0.879. The van der Waals surface area contributed by atoms with Crippen molar-refractivity contribution in [3.05, 3.63) is 24.3 Å². The molecule has 0 spiro atoms. The van der Waals surface area contributed by atoms with E-state index >= 15 is 0 Å². The van der Waals surface area contributed by atoms with Crippen LogP contribution < -0.4 is 0 Å². The summed E-state index contributed by atoms with van der Waals surface area (Å²) in [4.78, 5) is 37.7. The van der Waals surface area contributed by atoms with Gasteiger partial charge in [-0.1, -0.05) is 244 Å². The first kappa shape index (κ1) is 58.9. The molecule has 0 saturated carbocycles. The van der Waals surface area contributed by atoms with Crippen LogP contribution in [0.2, 0.25) is 0 Å². The Hall–Kier alpha value is -2.11. The van der Waals surface area contributed by atoms with Crippen LogP contribution >= 0.6 is 0 Å². The molecule has 0 aliphatic heterocycles. The van der Waals surface area contributed by atoms with Crippen LogP contribution in [0.4, 0.5) is 0 Å². The van der Waals surface area contributed by atoms with Gasteiger partial charge in [-0.25, -0.2) is 0 Å². The topological polar surface area (TPSA) is 78.9 Å². The average Bonchev–Trinajstić information content (AvgIpc) is 3.26. The van der Waals surface area contributed by atoms with E-state index in [0.29, 0.717) is 19.3 Å². The number of allylic oxidation sites excluding steroid dienone is 4. The Kier molecular flexibility index (Phi) is 48.8. The number of hydrogen-bond acceptors (Lipinski definition) is 6. The third kappa shape index (κ3) is 48.8. The second-order valence-corrected chi connectivity index (χ2v) is 18.2. The van der Waals surface area contributed by atoms with Crippen LogP contribution in [-0.2, 0) is 28.6 Å². The molecule has 6 nitrogen and oxygen atoms in total. The van der Waals surface area contributed by atoms with Crippen LogP contribution in [0.25, 0.3) is 0 Å². The first-order chi connectivity index (χ1) is 30.0. The molecule has 0 rings (SSSR count). The third-order valence-electron chi connectivity index (χ3n) is 12.0. The van der Waals surface area contributed by atoms with Gasteiger partial charge in [0.1, 0.15) is 13.2 Å². The van der Waals surface area contributed by atoms with E-state index in [4.69, 9.17) is 14.2 Å². The van der Waals surface area contributed by atoms with E-state index in [2.05, 4.69) is 45.1 Å². The molecule has 1 atom stereocenters. The molecule has 0 N–H and O–H groups in total. The lowest BCUT2D eigenvalue weighted by Gasteiger charge is -2.18. The lowest BCUT2D eigenvalue weighted by molar-refractivity contribution is -0.167. The van der Waals surface area contributed by atoms with Gasteiger partial charge in [0.25, 0.3) is 0 Å². The highest BCUT2D eigenvalue weighted by molar-refractivity contribution is 5.71. The van der Waals surface area contributed by atoms with Gasteiger partial charge in [0.05, 0.1) is 0 Å². The Balaban J connectivity index is 4.09. The standard InChI is InChI=1S/C55H102O6/c1-4-7-10-13-15-17-19-21-23-25-26-27-28-30-31-33-35-37-39-42-45-48-54(57)60-51-52(50-59-53(56)47-44-41-12-9-6-3)61-55(58)49-46-43-40-38-36-34-32-29-24-22-20-18-16-14-11-8-5-2/h16,18,22,24,52H,4-15,17,19-21,23,25-51H2,1-3H3/b18-16-,24-22-. The SMILES string of the molecule is CCCCC/C=C\C/C=C\CCCCCCCCCC(=O)OC(COC(=O)CCCCCCC)COC(=O)CCCCCCCCCCCCCCCCCCCCCCC. The monoisotopic (exact) mass is 859 g/mol. The fraction of sp³-hybridized carbons (Fsp3) is 0.873. The van der Waals surface area contributed by atoms with Crippen LogP contribution in [0, 0.1) is 0 Å². The number of carbonyl (C=O) groups excluding carboxylic acids is 3.